The van der Waals surface area contributed by atoms with Gasteiger partial charge >= 0.3 is 0 Å². The first kappa shape index (κ1) is 18.8. The standard InChI is InChI=1S/C19H17N5O4/c1-11-6-8-12(9-7-11)17(26)20-10-15(25)21-24-19(28)16-13-4-2-3-5-14(13)18(27)23-22-16/h2-9H,10H2,1H3,(H,20,26)(H,21,25)(H,23,27)(H,24,28). The minimum absolute atomic E-state index is 0.0424. The highest BCUT2D eigenvalue weighted by atomic mass is 16.2. The summed E-state index contributed by atoms with van der Waals surface area (Å²) >= 11 is 0. The Morgan fingerprint density at radius 1 is 0.929 bits per heavy atom. The second-order valence-electron chi connectivity index (χ2n) is 6.00. The topological polar surface area (TPSA) is 133 Å². The molecule has 3 aromatic rings. The van der Waals surface area contributed by atoms with Crippen molar-refractivity contribution in [1.82, 2.24) is 26.4 Å². The molecule has 28 heavy (non-hydrogen) atoms. The fourth-order valence-electron chi connectivity index (χ4n) is 2.49. The van der Waals surface area contributed by atoms with Gasteiger partial charge in [0, 0.05) is 10.9 Å². The quantitative estimate of drug-likeness (QED) is 0.488. The van der Waals surface area contributed by atoms with Gasteiger partial charge in [0.05, 0.1) is 11.9 Å². The van der Waals surface area contributed by atoms with Crippen molar-refractivity contribution < 1.29 is 14.4 Å². The summed E-state index contributed by atoms with van der Waals surface area (Å²) in [6.45, 7) is 1.57. The van der Waals surface area contributed by atoms with E-state index in [1.807, 2.05) is 6.92 Å². The van der Waals surface area contributed by atoms with Crippen molar-refractivity contribution in [3.8, 4) is 0 Å². The number of benzene rings is 2. The number of amides is 3. The number of nitrogens with one attached hydrogen (secondary N) is 4. The molecular formula is C19H17N5O4. The Balaban J connectivity index is 1.57. The van der Waals surface area contributed by atoms with Crippen LogP contribution in [-0.2, 0) is 4.79 Å². The molecule has 9 heteroatoms. The van der Waals surface area contributed by atoms with E-state index in [9.17, 15) is 19.2 Å². The second-order valence-corrected chi connectivity index (χ2v) is 6.00. The molecule has 0 atom stereocenters. The van der Waals surface area contributed by atoms with Crippen molar-refractivity contribution in [3.63, 3.8) is 0 Å². The second kappa shape index (κ2) is 8.12. The minimum atomic E-state index is -0.703. The predicted octanol–water partition coefficient (Wildman–Crippen LogP) is 0.423. The van der Waals surface area contributed by atoms with E-state index in [1.54, 1.807) is 48.5 Å². The van der Waals surface area contributed by atoms with Gasteiger partial charge in [-0.25, -0.2) is 5.10 Å². The smallest absolute Gasteiger partial charge is 0.290 e. The lowest BCUT2D eigenvalue weighted by Crippen LogP contribution is -2.46. The maximum Gasteiger partial charge on any atom is 0.290 e. The number of hydrogen-bond donors (Lipinski definition) is 4. The molecule has 142 valence electrons. The molecule has 0 aliphatic rings. The third-order valence-electron chi connectivity index (χ3n) is 3.95. The van der Waals surface area contributed by atoms with Gasteiger partial charge in [-0.3, -0.25) is 30.0 Å². The van der Waals surface area contributed by atoms with Gasteiger partial charge in [-0.05, 0) is 25.1 Å². The van der Waals surface area contributed by atoms with Crippen LogP contribution in [0.1, 0.15) is 26.4 Å². The van der Waals surface area contributed by atoms with Crippen molar-refractivity contribution in [1.29, 1.82) is 0 Å². The van der Waals surface area contributed by atoms with Gasteiger partial charge in [0.2, 0.25) is 0 Å². The van der Waals surface area contributed by atoms with Crippen LogP contribution in [0, 0.1) is 6.92 Å². The number of aromatic amines is 1. The number of carbonyl (C=O) groups is 3. The van der Waals surface area contributed by atoms with Gasteiger partial charge in [0.1, 0.15) is 0 Å². The highest BCUT2D eigenvalue weighted by Crippen LogP contribution is 2.11. The molecule has 0 saturated heterocycles. The molecule has 0 spiro atoms. The Morgan fingerprint density at radius 2 is 1.61 bits per heavy atom. The van der Waals surface area contributed by atoms with Crippen molar-refractivity contribution in [2.45, 2.75) is 6.92 Å². The number of fused-ring (bicyclic) bond motifs is 1. The highest BCUT2D eigenvalue weighted by Gasteiger charge is 2.15. The van der Waals surface area contributed by atoms with E-state index in [0.29, 0.717) is 16.3 Å². The zero-order valence-corrected chi connectivity index (χ0v) is 14.9. The van der Waals surface area contributed by atoms with E-state index in [0.717, 1.165) is 5.56 Å². The summed E-state index contributed by atoms with van der Waals surface area (Å²) in [6.07, 6.45) is 0. The average Bonchev–Trinajstić information content (AvgIpc) is 2.71. The van der Waals surface area contributed by atoms with E-state index in [2.05, 4.69) is 26.4 Å². The van der Waals surface area contributed by atoms with Gasteiger partial charge in [-0.1, -0.05) is 35.9 Å². The van der Waals surface area contributed by atoms with E-state index in [4.69, 9.17) is 0 Å². The fraction of sp³-hybridized carbons (Fsp3) is 0.105. The number of H-pyrrole nitrogens is 1. The van der Waals surface area contributed by atoms with Crippen molar-refractivity contribution in [2.75, 3.05) is 6.54 Å². The summed E-state index contributed by atoms with van der Waals surface area (Å²) < 4.78 is 0. The highest BCUT2D eigenvalue weighted by molar-refractivity contribution is 6.05. The first-order valence-corrected chi connectivity index (χ1v) is 8.37. The maximum atomic E-state index is 12.3. The summed E-state index contributed by atoms with van der Waals surface area (Å²) in [5, 5.41) is 9.08. The maximum absolute atomic E-state index is 12.3. The number of hydrazine groups is 1. The van der Waals surface area contributed by atoms with E-state index < -0.39 is 23.3 Å². The third-order valence-corrected chi connectivity index (χ3v) is 3.95. The predicted molar refractivity (Wildman–Crippen MR) is 101 cm³/mol. The summed E-state index contributed by atoms with van der Waals surface area (Å²) in [7, 11) is 0. The monoisotopic (exact) mass is 379 g/mol. The van der Waals surface area contributed by atoms with Crippen molar-refractivity contribution >= 4 is 28.5 Å². The lowest BCUT2D eigenvalue weighted by Gasteiger charge is -2.09. The van der Waals surface area contributed by atoms with Crippen LogP contribution < -0.4 is 21.7 Å². The lowest BCUT2D eigenvalue weighted by atomic mass is 10.1. The Bertz CT molecular complexity index is 1110. The van der Waals surface area contributed by atoms with Gasteiger partial charge in [0.15, 0.2) is 5.69 Å². The number of rotatable bonds is 4. The van der Waals surface area contributed by atoms with Crippen LogP contribution in [0.4, 0.5) is 0 Å². The van der Waals surface area contributed by atoms with Crippen molar-refractivity contribution in [2.24, 2.45) is 0 Å². The van der Waals surface area contributed by atoms with E-state index in [1.165, 1.54) is 0 Å². The molecule has 0 unspecified atom stereocenters. The van der Waals surface area contributed by atoms with Crippen LogP contribution in [0.3, 0.4) is 0 Å². The normalized spacial score (nSPS) is 10.3. The summed E-state index contributed by atoms with van der Waals surface area (Å²) in [6, 6.07) is 13.3. The van der Waals surface area contributed by atoms with Crippen LogP contribution in [-0.4, -0.2) is 34.5 Å². The molecule has 0 saturated carbocycles. The Kier molecular flexibility index (Phi) is 5.45. The molecule has 0 radical (unpaired) electrons. The van der Waals surface area contributed by atoms with Crippen LogP contribution >= 0.6 is 0 Å². The molecule has 0 aliphatic heterocycles. The zero-order chi connectivity index (χ0) is 20.1. The van der Waals surface area contributed by atoms with Crippen LogP contribution in [0.15, 0.2) is 53.3 Å². The first-order valence-electron chi connectivity index (χ1n) is 8.37. The number of carbonyl (C=O) groups excluding carboxylic acids is 3. The molecular weight excluding hydrogens is 362 g/mol. The average molecular weight is 379 g/mol. The molecule has 3 rings (SSSR count). The van der Waals surface area contributed by atoms with Crippen LogP contribution in [0.25, 0.3) is 10.8 Å². The molecule has 0 aliphatic carbocycles. The first-order chi connectivity index (χ1) is 13.5. The van der Waals surface area contributed by atoms with Gasteiger partial charge < -0.3 is 5.32 Å². The lowest BCUT2D eigenvalue weighted by molar-refractivity contribution is -0.120. The van der Waals surface area contributed by atoms with Gasteiger partial charge in [-0.15, -0.1) is 0 Å². The number of aromatic nitrogens is 2. The molecule has 2 aromatic carbocycles. The van der Waals surface area contributed by atoms with E-state index >= 15 is 0 Å². The fourth-order valence-corrected chi connectivity index (χ4v) is 2.49. The molecule has 0 fully saturated rings. The molecule has 4 N–H and O–H groups in total. The van der Waals surface area contributed by atoms with Gasteiger partial charge in [-0.2, -0.15) is 5.10 Å². The van der Waals surface area contributed by atoms with Gasteiger partial charge in [0.25, 0.3) is 23.3 Å². The van der Waals surface area contributed by atoms with E-state index in [-0.39, 0.29) is 12.2 Å². The third kappa shape index (κ3) is 4.21. The number of hydrogen-bond acceptors (Lipinski definition) is 5. The van der Waals surface area contributed by atoms with Crippen LogP contribution in [0.2, 0.25) is 0 Å². The van der Waals surface area contributed by atoms with Crippen molar-refractivity contribution in [3.05, 3.63) is 75.7 Å². The molecule has 0 bridgehead atoms. The molecule has 3 amide bonds. The largest absolute Gasteiger partial charge is 0.343 e. The minimum Gasteiger partial charge on any atom is -0.343 e. The zero-order valence-electron chi connectivity index (χ0n) is 14.9. The molecule has 9 nitrogen and oxygen atoms in total. The number of aryl methyl sites for hydroxylation is 1. The Labute approximate surface area is 159 Å². The summed E-state index contributed by atoms with van der Waals surface area (Å²) in [4.78, 5) is 47.9. The van der Waals surface area contributed by atoms with Crippen LogP contribution in [0.5, 0.6) is 0 Å². The summed E-state index contributed by atoms with van der Waals surface area (Å²) in [5.74, 6) is -1.73. The Morgan fingerprint density at radius 3 is 2.32 bits per heavy atom. The summed E-state index contributed by atoms with van der Waals surface area (Å²) in [5.41, 5.74) is 5.37. The molecule has 1 aromatic heterocycles. The molecule has 1 heterocycles. The SMILES string of the molecule is Cc1ccc(C(=O)NCC(=O)NNC(=O)c2n[nH]c(=O)c3ccccc23)cc1. The Hall–Kier alpha value is -4.01. The number of nitrogens with zero attached hydrogens (tertiary/aromatic N) is 1.